The molecule has 1 rings (SSSR count). The van der Waals surface area contributed by atoms with Crippen LogP contribution in [0.1, 0.15) is 59.1 Å². The Bertz CT molecular complexity index is 299. The van der Waals surface area contributed by atoms with Gasteiger partial charge in [0.15, 0.2) is 0 Å². The average Bonchev–Trinajstić information content (AvgIpc) is 2.51. The monoisotopic (exact) mass is 210 g/mol. The highest BCUT2D eigenvalue weighted by Gasteiger charge is 2.27. The summed E-state index contributed by atoms with van der Waals surface area (Å²) >= 11 is 1.84. The van der Waals surface area contributed by atoms with Gasteiger partial charge >= 0.3 is 0 Å². The van der Waals surface area contributed by atoms with Crippen LogP contribution >= 0.6 is 11.3 Å². The van der Waals surface area contributed by atoms with Gasteiger partial charge in [0.1, 0.15) is 0 Å². The number of hydrogen-bond donors (Lipinski definition) is 0. The lowest BCUT2D eigenvalue weighted by Gasteiger charge is -2.29. The Kier molecular flexibility index (Phi) is 3.10. The quantitative estimate of drug-likeness (QED) is 0.662. The van der Waals surface area contributed by atoms with Gasteiger partial charge in [-0.1, -0.05) is 41.5 Å². The lowest BCUT2D eigenvalue weighted by atomic mass is 9.75. The van der Waals surface area contributed by atoms with E-state index in [0.717, 1.165) is 0 Å². The molecule has 0 N–H and O–H groups in total. The van der Waals surface area contributed by atoms with E-state index < -0.39 is 0 Å². The van der Waals surface area contributed by atoms with Gasteiger partial charge in [-0.2, -0.15) is 11.3 Å². The van der Waals surface area contributed by atoms with Crippen LogP contribution in [0.3, 0.4) is 0 Å². The lowest BCUT2D eigenvalue weighted by Crippen LogP contribution is -2.21. The molecule has 0 aromatic carbocycles. The molecule has 0 aliphatic heterocycles. The van der Waals surface area contributed by atoms with Crippen molar-refractivity contribution in [3.8, 4) is 0 Å². The molecule has 80 valence electrons. The smallest absolute Gasteiger partial charge is 0.00527 e. The number of hydrogen-bond acceptors (Lipinski definition) is 1. The maximum atomic E-state index is 2.34. The van der Waals surface area contributed by atoms with E-state index >= 15 is 0 Å². The highest BCUT2D eigenvalue weighted by atomic mass is 32.1. The standard InChI is InChI=1S/C13H22S/c1-7-13(5,6)11-9-14-8-10(11)12(2,3)4/h8-9H,7H2,1-6H3. The van der Waals surface area contributed by atoms with Crippen molar-refractivity contribution in [2.45, 2.75) is 58.8 Å². The van der Waals surface area contributed by atoms with E-state index in [4.69, 9.17) is 0 Å². The largest absolute Gasteiger partial charge is 0.152 e. The molecule has 0 atom stereocenters. The zero-order chi connectivity index (χ0) is 11.0. The van der Waals surface area contributed by atoms with Crippen LogP contribution < -0.4 is 0 Å². The molecule has 0 saturated heterocycles. The van der Waals surface area contributed by atoms with E-state index in [1.54, 1.807) is 0 Å². The molecule has 0 aliphatic rings. The van der Waals surface area contributed by atoms with Crippen molar-refractivity contribution in [2.24, 2.45) is 0 Å². The van der Waals surface area contributed by atoms with Crippen LogP contribution in [-0.2, 0) is 10.8 Å². The SMILES string of the molecule is CCC(C)(C)c1cscc1C(C)(C)C. The Morgan fingerprint density at radius 3 is 1.93 bits per heavy atom. The first-order valence-corrected chi connectivity index (χ1v) is 6.30. The summed E-state index contributed by atoms with van der Waals surface area (Å²) in [6, 6.07) is 0. The second kappa shape index (κ2) is 3.69. The third-order valence-corrected chi connectivity index (χ3v) is 3.83. The summed E-state index contributed by atoms with van der Waals surface area (Å²) in [5.74, 6) is 0. The molecule has 1 heterocycles. The van der Waals surface area contributed by atoms with Crippen molar-refractivity contribution in [3.05, 3.63) is 21.9 Å². The van der Waals surface area contributed by atoms with Gasteiger partial charge in [0.2, 0.25) is 0 Å². The minimum Gasteiger partial charge on any atom is -0.152 e. The fourth-order valence-corrected chi connectivity index (χ4v) is 2.86. The Morgan fingerprint density at radius 1 is 1.00 bits per heavy atom. The molecular weight excluding hydrogens is 188 g/mol. The van der Waals surface area contributed by atoms with Crippen molar-refractivity contribution in [2.75, 3.05) is 0 Å². The van der Waals surface area contributed by atoms with Crippen LogP contribution in [0.4, 0.5) is 0 Å². The van der Waals surface area contributed by atoms with Gasteiger partial charge in [0.25, 0.3) is 0 Å². The van der Waals surface area contributed by atoms with Gasteiger partial charge in [-0.15, -0.1) is 0 Å². The highest BCUT2D eigenvalue weighted by Crippen LogP contribution is 2.37. The van der Waals surface area contributed by atoms with Gasteiger partial charge in [0, 0.05) is 0 Å². The summed E-state index contributed by atoms with van der Waals surface area (Å²) in [6.07, 6.45) is 1.20. The van der Waals surface area contributed by atoms with Gasteiger partial charge in [0.05, 0.1) is 0 Å². The predicted molar refractivity (Wildman–Crippen MR) is 66.3 cm³/mol. The zero-order valence-corrected chi connectivity index (χ0v) is 11.1. The minimum atomic E-state index is 0.280. The van der Waals surface area contributed by atoms with E-state index in [9.17, 15) is 0 Å². The summed E-state index contributed by atoms with van der Waals surface area (Å²) in [5.41, 5.74) is 3.66. The van der Waals surface area contributed by atoms with E-state index in [1.165, 1.54) is 17.5 Å². The number of rotatable bonds is 2. The topological polar surface area (TPSA) is 0 Å². The first-order valence-electron chi connectivity index (χ1n) is 5.36. The van der Waals surface area contributed by atoms with Crippen molar-refractivity contribution < 1.29 is 0 Å². The number of thiophene rings is 1. The van der Waals surface area contributed by atoms with Crippen LogP contribution in [0.25, 0.3) is 0 Å². The maximum absolute atomic E-state index is 2.34. The molecule has 0 fully saturated rings. The molecular formula is C13H22S. The molecule has 0 radical (unpaired) electrons. The van der Waals surface area contributed by atoms with Crippen molar-refractivity contribution in [1.29, 1.82) is 0 Å². The van der Waals surface area contributed by atoms with Crippen LogP contribution in [0.2, 0.25) is 0 Å². The lowest BCUT2D eigenvalue weighted by molar-refractivity contribution is 0.482. The molecule has 0 bridgehead atoms. The highest BCUT2D eigenvalue weighted by molar-refractivity contribution is 7.08. The predicted octanol–water partition coefficient (Wildman–Crippen LogP) is 4.73. The molecule has 0 unspecified atom stereocenters. The summed E-state index contributed by atoms with van der Waals surface area (Å²) in [7, 11) is 0. The van der Waals surface area contributed by atoms with Gasteiger partial charge in [-0.25, -0.2) is 0 Å². The summed E-state index contributed by atoms with van der Waals surface area (Å²) in [5, 5.41) is 4.64. The van der Waals surface area contributed by atoms with Gasteiger partial charge in [-0.05, 0) is 39.1 Å². The zero-order valence-electron chi connectivity index (χ0n) is 10.3. The molecule has 0 nitrogen and oxygen atoms in total. The fraction of sp³-hybridized carbons (Fsp3) is 0.692. The first kappa shape index (κ1) is 11.8. The first-order chi connectivity index (χ1) is 6.29. The van der Waals surface area contributed by atoms with Gasteiger partial charge < -0.3 is 0 Å². The molecule has 0 spiro atoms. The normalized spacial score (nSPS) is 13.3. The molecule has 1 aromatic heterocycles. The van der Waals surface area contributed by atoms with E-state index in [-0.39, 0.29) is 5.41 Å². The van der Waals surface area contributed by atoms with Gasteiger partial charge in [-0.3, -0.25) is 0 Å². The molecule has 0 aliphatic carbocycles. The summed E-state index contributed by atoms with van der Waals surface area (Å²) < 4.78 is 0. The van der Waals surface area contributed by atoms with E-state index in [0.29, 0.717) is 5.41 Å². The second-order valence-electron chi connectivity index (χ2n) is 5.69. The van der Waals surface area contributed by atoms with E-state index in [1.807, 2.05) is 11.3 Å². The van der Waals surface area contributed by atoms with Crippen LogP contribution in [0.5, 0.6) is 0 Å². The van der Waals surface area contributed by atoms with Crippen LogP contribution in [-0.4, -0.2) is 0 Å². The van der Waals surface area contributed by atoms with Crippen molar-refractivity contribution >= 4 is 11.3 Å². The average molecular weight is 210 g/mol. The third-order valence-electron chi connectivity index (χ3n) is 3.08. The minimum absolute atomic E-state index is 0.280. The molecule has 0 amide bonds. The Balaban J connectivity index is 3.18. The molecule has 1 heteroatoms. The molecule has 0 saturated carbocycles. The maximum Gasteiger partial charge on any atom is -0.00527 e. The Morgan fingerprint density at radius 2 is 1.50 bits per heavy atom. The van der Waals surface area contributed by atoms with Crippen molar-refractivity contribution in [3.63, 3.8) is 0 Å². The molecule has 1 aromatic rings. The van der Waals surface area contributed by atoms with Crippen LogP contribution in [0, 0.1) is 0 Å². The van der Waals surface area contributed by atoms with E-state index in [2.05, 4.69) is 52.3 Å². The Hall–Kier alpha value is -0.300. The summed E-state index contributed by atoms with van der Waals surface area (Å²) in [6.45, 7) is 13.8. The molecule has 14 heavy (non-hydrogen) atoms. The van der Waals surface area contributed by atoms with Crippen molar-refractivity contribution in [1.82, 2.24) is 0 Å². The fourth-order valence-electron chi connectivity index (χ4n) is 1.59. The summed E-state index contributed by atoms with van der Waals surface area (Å²) in [4.78, 5) is 0. The third kappa shape index (κ3) is 2.20. The second-order valence-corrected chi connectivity index (χ2v) is 6.43. The van der Waals surface area contributed by atoms with Crippen LogP contribution in [0.15, 0.2) is 10.8 Å². The Labute approximate surface area is 92.4 Å².